The fraction of sp³-hybridized carbons (Fsp3) is 0.944. The van der Waals surface area contributed by atoms with E-state index in [1.54, 1.807) is 0 Å². The second-order valence-electron chi connectivity index (χ2n) is 6.09. The number of carboxylic acid groups (broad SMARTS) is 1. The molecule has 4 heteroatoms. The van der Waals surface area contributed by atoms with Gasteiger partial charge in [0.2, 0.25) is 0 Å². The summed E-state index contributed by atoms with van der Waals surface area (Å²) < 4.78 is 0. The van der Waals surface area contributed by atoms with Gasteiger partial charge in [-0.3, -0.25) is 4.79 Å². The molecule has 0 atom stereocenters. The summed E-state index contributed by atoms with van der Waals surface area (Å²) in [5.74, 6) is -0.653. The van der Waals surface area contributed by atoms with Gasteiger partial charge in [-0.2, -0.15) is 0 Å². The number of unbranched alkanes of at least 4 members (excludes halogenated alkanes) is 14. The minimum absolute atomic E-state index is 0. The second-order valence-corrected chi connectivity index (χ2v) is 6.09. The van der Waals surface area contributed by atoms with Crippen LogP contribution in [0, 0.1) is 0 Å². The van der Waals surface area contributed by atoms with Crippen molar-refractivity contribution in [2.24, 2.45) is 0 Å². The Labute approximate surface area is 174 Å². The molecule has 2 radical (unpaired) electrons. The monoisotopic (exact) mass is 520 g/mol. The molecular formula is C18H40MgO2Pb. The van der Waals surface area contributed by atoms with E-state index in [2.05, 4.69) is 6.92 Å². The van der Waals surface area contributed by atoms with Crippen molar-refractivity contribution in [3.8, 4) is 0 Å². The van der Waals surface area contributed by atoms with Crippen LogP contribution in [-0.2, 0) is 4.79 Å². The van der Waals surface area contributed by atoms with Gasteiger partial charge >= 0.3 is 56.3 Å². The molecular weight excluding hydrogens is 480 g/mol. The number of aliphatic carboxylic acids is 1. The van der Waals surface area contributed by atoms with Gasteiger partial charge in [-0.1, -0.05) is 96.8 Å². The van der Waals surface area contributed by atoms with Crippen molar-refractivity contribution in [2.75, 3.05) is 0 Å². The molecule has 0 unspecified atom stereocenters. The van der Waals surface area contributed by atoms with Crippen molar-refractivity contribution >= 4 is 56.3 Å². The predicted octanol–water partition coefficient (Wildman–Crippen LogP) is 4.50. The summed E-state index contributed by atoms with van der Waals surface area (Å²) in [5.41, 5.74) is 0. The average molecular weight is 520 g/mol. The molecule has 0 fully saturated rings. The van der Waals surface area contributed by atoms with Crippen LogP contribution in [-0.4, -0.2) is 61.4 Å². The van der Waals surface area contributed by atoms with Gasteiger partial charge in [-0.05, 0) is 6.42 Å². The molecule has 0 saturated heterocycles. The summed E-state index contributed by atoms with van der Waals surface area (Å²) in [4.78, 5) is 10.3. The maximum absolute atomic E-state index is 10.3. The van der Waals surface area contributed by atoms with Crippen molar-refractivity contribution in [2.45, 2.75) is 110 Å². The van der Waals surface area contributed by atoms with Crippen LogP contribution in [0.3, 0.4) is 0 Å². The molecule has 0 heterocycles. The molecule has 0 saturated carbocycles. The van der Waals surface area contributed by atoms with Crippen LogP contribution in [0.15, 0.2) is 0 Å². The van der Waals surface area contributed by atoms with Crippen LogP contribution in [0.25, 0.3) is 0 Å². The minimum atomic E-state index is -0.653. The van der Waals surface area contributed by atoms with E-state index >= 15 is 0 Å². The maximum atomic E-state index is 10.3. The second kappa shape index (κ2) is 24.4. The fourth-order valence-corrected chi connectivity index (χ4v) is 2.65. The quantitative estimate of drug-likeness (QED) is 0.241. The number of carboxylic acids is 1. The standard InChI is InChI=1S/C18H36O2.Mg.Pb.4H/c1-2-3-4-5-6-7-8-9-10-11-12-13-14-15-16-17-18(19)20;;;;;;/h2-17H2,1H3,(H,19,20);;;;;;. The zero-order valence-electron chi connectivity index (χ0n) is 14.4. The Kier molecular flexibility index (Phi) is 31.0. The van der Waals surface area contributed by atoms with Gasteiger partial charge in [-0.15, -0.1) is 0 Å². The van der Waals surface area contributed by atoms with Gasteiger partial charge in [0, 0.05) is 6.42 Å². The zero-order chi connectivity index (χ0) is 14.9. The Morgan fingerprint density at radius 2 is 0.909 bits per heavy atom. The zero-order valence-corrected chi connectivity index (χ0v) is 19.9. The molecule has 0 spiro atoms. The summed E-state index contributed by atoms with van der Waals surface area (Å²) in [6, 6.07) is 0. The third-order valence-corrected chi connectivity index (χ3v) is 3.99. The molecule has 0 bridgehead atoms. The van der Waals surface area contributed by atoms with E-state index in [0.29, 0.717) is 6.42 Å². The van der Waals surface area contributed by atoms with Crippen molar-refractivity contribution < 1.29 is 9.90 Å². The first kappa shape index (κ1) is 28.0. The van der Waals surface area contributed by atoms with Gasteiger partial charge in [0.15, 0.2) is 0 Å². The average Bonchev–Trinajstić information content (AvgIpc) is 2.43. The van der Waals surface area contributed by atoms with E-state index in [1.165, 1.54) is 83.5 Å². The molecule has 0 aliphatic rings. The first-order valence-electron chi connectivity index (χ1n) is 8.99. The summed E-state index contributed by atoms with van der Waals surface area (Å²) >= 11 is 0. The Balaban J connectivity index is -0.00000180. The van der Waals surface area contributed by atoms with Crippen LogP contribution in [0.2, 0.25) is 0 Å². The van der Waals surface area contributed by atoms with E-state index < -0.39 is 5.97 Å². The van der Waals surface area contributed by atoms with Crippen molar-refractivity contribution in [3.63, 3.8) is 0 Å². The molecule has 0 aromatic carbocycles. The fourth-order valence-electron chi connectivity index (χ4n) is 2.65. The Hall–Kier alpha value is 1.16. The SMILES string of the molecule is CCCCCCCCCCCCCCCCCC(=O)O.[MgH2].[PbH2]. The summed E-state index contributed by atoms with van der Waals surface area (Å²) in [6.07, 6.45) is 20.2. The summed E-state index contributed by atoms with van der Waals surface area (Å²) in [7, 11) is 0. The van der Waals surface area contributed by atoms with Crippen LogP contribution in [0.5, 0.6) is 0 Å². The Bertz CT molecular complexity index is 213. The van der Waals surface area contributed by atoms with Crippen molar-refractivity contribution in [3.05, 3.63) is 0 Å². The third-order valence-electron chi connectivity index (χ3n) is 3.99. The molecule has 0 aliphatic heterocycles. The van der Waals surface area contributed by atoms with Crippen LogP contribution < -0.4 is 0 Å². The number of carbonyl (C=O) groups is 1. The van der Waals surface area contributed by atoms with Gasteiger partial charge in [0.05, 0.1) is 0 Å². The molecule has 0 rings (SSSR count). The van der Waals surface area contributed by atoms with Gasteiger partial charge in [-0.25, -0.2) is 0 Å². The van der Waals surface area contributed by atoms with E-state index in [4.69, 9.17) is 5.11 Å². The first-order valence-corrected chi connectivity index (χ1v) is 8.99. The van der Waals surface area contributed by atoms with Crippen LogP contribution in [0.4, 0.5) is 0 Å². The van der Waals surface area contributed by atoms with E-state index in [9.17, 15) is 4.79 Å². The van der Waals surface area contributed by atoms with Crippen molar-refractivity contribution in [1.82, 2.24) is 0 Å². The van der Waals surface area contributed by atoms with Gasteiger partial charge in [0.25, 0.3) is 0 Å². The topological polar surface area (TPSA) is 37.3 Å². The molecule has 1 N–H and O–H groups in total. The number of hydrogen-bond acceptors (Lipinski definition) is 1. The molecule has 0 aromatic heterocycles. The van der Waals surface area contributed by atoms with E-state index in [0.717, 1.165) is 12.8 Å². The van der Waals surface area contributed by atoms with Gasteiger partial charge in [0.1, 0.15) is 0 Å². The molecule has 0 aromatic rings. The van der Waals surface area contributed by atoms with Crippen molar-refractivity contribution in [1.29, 1.82) is 0 Å². The van der Waals surface area contributed by atoms with Crippen LogP contribution in [0.1, 0.15) is 110 Å². The van der Waals surface area contributed by atoms with Gasteiger partial charge < -0.3 is 5.11 Å². The molecule has 0 aliphatic carbocycles. The Morgan fingerprint density at radius 3 is 1.18 bits per heavy atom. The third kappa shape index (κ3) is 26.1. The van der Waals surface area contributed by atoms with E-state index in [1.807, 2.05) is 0 Å². The number of hydrogen-bond donors (Lipinski definition) is 1. The summed E-state index contributed by atoms with van der Waals surface area (Å²) in [6.45, 7) is 2.27. The normalized spacial score (nSPS) is 9.86. The molecule has 130 valence electrons. The first-order chi connectivity index (χ1) is 9.77. The Morgan fingerprint density at radius 1 is 0.636 bits per heavy atom. The van der Waals surface area contributed by atoms with E-state index in [-0.39, 0.29) is 50.4 Å². The number of rotatable bonds is 16. The molecule has 0 amide bonds. The van der Waals surface area contributed by atoms with Crippen LogP contribution >= 0.6 is 0 Å². The molecule has 2 nitrogen and oxygen atoms in total. The predicted molar refractivity (Wildman–Crippen MR) is 104 cm³/mol. The summed E-state index contributed by atoms with van der Waals surface area (Å²) in [5, 5.41) is 8.52. The molecule has 22 heavy (non-hydrogen) atoms.